The maximum absolute atomic E-state index is 12.7. The standard InChI is InChI=1S/C18H18N6O3/c19-7-14(13-9-20-8-12-3-1-5-22-17(12)13)23-18(27)15-4-2-6-24(15)16(26)10-21-11-25/h1,3,5,8-9,11,14-15H,2,4,6,10H2,(H,21,25)(H,23,27). The summed E-state index contributed by atoms with van der Waals surface area (Å²) < 4.78 is 0. The number of nitrogens with one attached hydrogen (secondary N) is 2. The normalized spacial score (nSPS) is 17.1. The lowest BCUT2D eigenvalue weighted by atomic mass is 10.1. The van der Waals surface area contributed by atoms with Gasteiger partial charge in [0.05, 0.1) is 18.1 Å². The molecule has 2 aromatic rings. The highest BCUT2D eigenvalue weighted by atomic mass is 16.2. The summed E-state index contributed by atoms with van der Waals surface area (Å²) in [6.45, 7) is 0.276. The summed E-state index contributed by atoms with van der Waals surface area (Å²) >= 11 is 0. The van der Waals surface area contributed by atoms with Crippen LogP contribution in [0.25, 0.3) is 10.9 Å². The first-order valence-electron chi connectivity index (χ1n) is 8.51. The molecule has 0 aliphatic carbocycles. The molecule has 9 nitrogen and oxygen atoms in total. The van der Waals surface area contributed by atoms with E-state index in [2.05, 4.69) is 26.7 Å². The van der Waals surface area contributed by atoms with Gasteiger partial charge >= 0.3 is 0 Å². The van der Waals surface area contributed by atoms with Gasteiger partial charge in [0, 0.05) is 36.1 Å². The number of fused-ring (bicyclic) bond motifs is 1. The molecule has 0 spiro atoms. The molecule has 2 N–H and O–H groups in total. The van der Waals surface area contributed by atoms with E-state index in [1.165, 1.54) is 11.1 Å². The van der Waals surface area contributed by atoms with Gasteiger partial charge in [0.15, 0.2) is 0 Å². The molecule has 1 fully saturated rings. The van der Waals surface area contributed by atoms with Crippen LogP contribution in [-0.2, 0) is 14.4 Å². The van der Waals surface area contributed by atoms with Gasteiger partial charge in [0.25, 0.3) is 0 Å². The first-order chi connectivity index (χ1) is 13.2. The SMILES string of the molecule is N#CC(NC(=O)C1CCCN1C(=O)CNC=O)c1cncc2cccnc12. The van der Waals surface area contributed by atoms with E-state index in [4.69, 9.17) is 0 Å². The van der Waals surface area contributed by atoms with Crippen LogP contribution in [0.15, 0.2) is 30.7 Å². The van der Waals surface area contributed by atoms with E-state index in [1.54, 1.807) is 18.5 Å². The smallest absolute Gasteiger partial charge is 0.244 e. The summed E-state index contributed by atoms with van der Waals surface area (Å²) in [4.78, 5) is 45.1. The van der Waals surface area contributed by atoms with Crippen LogP contribution < -0.4 is 10.6 Å². The van der Waals surface area contributed by atoms with Crippen molar-refractivity contribution in [2.24, 2.45) is 0 Å². The van der Waals surface area contributed by atoms with E-state index in [1.807, 2.05) is 6.07 Å². The fourth-order valence-corrected chi connectivity index (χ4v) is 3.22. The van der Waals surface area contributed by atoms with Crippen molar-refractivity contribution in [2.45, 2.75) is 24.9 Å². The summed E-state index contributed by atoms with van der Waals surface area (Å²) in [7, 11) is 0. The topological polar surface area (TPSA) is 128 Å². The molecule has 9 heteroatoms. The Morgan fingerprint density at radius 3 is 3.07 bits per heavy atom. The van der Waals surface area contributed by atoms with E-state index in [0.29, 0.717) is 36.9 Å². The molecule has 0 radical (unpaired) electrons. The number of nitriles is 1. The molecule has 3 heterocycles. The van der Waals surface area contributed by atoms with E-state index in [-0.39, 0.29) is 12.5 Å². The summed E-state index contributed by atoms with van der Waals surface area (Å²) in [6.07, 6.45) is 6.38. The molecule has 3 amide bonds. The van der Waals surface area contributed by atoms with E-state index in [0.717, 1.165) is 5.39 Å². The van der Waals surface area contributed by atoms with Crippen molar-refractivity contribution >= 4 is 29.1 Å². The molecule has 2 unspecified atom stereocenters. The summed E-state index contributed by atoms with van der Waals surface area (Å²) in [5, 5.41) is 15.3. The Hall–Kier alpha value is -3.54. The Kier molecular flexibility index (Phi) is 5.56. The second-order valence-electron chi connectivity index (χ2n) is 6.12. The number of amides is 3. The van der Waals surface area contributed by atoms with Gasteiger partial charge < -0.3 is 15.5 Å². The van der Waals surface area contributed by atoms with E-state index < -0.39 is 18.0 Å². The number of hydrogen-bond donors (Lipinski definition) is 2. The number of rotatable bonds is 6. The second-order valence-corrected chi connectivity index (χ2v) is 6.12. The minimum atomic E-state index is -0.936. The van der Waals surface area contributed by atoms with Crippen molar-refractivity contribution in [3.63, 3.8) is 0 Å². The Bertz CT molecular complexity index is 904. The van der Waals surface area contributed by atoms with Crippen molar-refractivity contribution in [1.82, 2.24) is 25.5 Å². The fourth-order valence-electron chi connectivity index (χ4n) is 3.22. The van der Waals surface area contributed by atoms with Crippen molar-refractivity contribution in [1.29, 1.82) is 5.26 Å². The van der Waals surface area contributed by atoms with Gasteiger partial charge in [-0.15, -0.1) is 0 Å². The Balaban J connectivity index is 1.78. The number of carbonyl (C=O) groups excluding carboxylic acids is 3. The van der Waals surface area contributed by atoms with Gasteiger partial charge in [-0.3, -0.25) is 24.4 Å². The summed E-state index contributed by atoms with van der Waals surface area (Å²) in [5.41, 5.74) is 1.09. The van der Waals surface area contributed by atoms with Gasteiger partial charge in [-0.05, 0) is 25.0 Å². The molecule has 138 valence electrons. The lowest BCUT2D eigenvalue weighted by molar-refractivity contribution is -0.138. The molecule has 3 rings (SSSR count). The third kappa shape index (κ3) is 3.84. The van der Waals surface area contributed by atoms with Gasteiger partial charge in [0.1, 0.15) is 12.1 Å². The van der Waals surface area contributed by atoms with E-state index >= 15 is 0 Å². The Morgan fingerprint density at radius 2 is 2.30 bits per heavy atom. The number of likely N-dealkylation sites (tertiary alicyclic amines) is 1. The molecule has 0 bridgehead atoms. The fraction of sp³-hybridized carbons (Fsp3) is 0.333. The zero-order valence-corrected chi connectivity index (χ0v) is 14.5. The molecule has 1 aliphatic rings. The predicted octanol–water partition coefficient (Wildman–Crippen LogP) is 0.0477. The van der Waals surface area contributed by atoms with Crippen molar-refractivity contribution < 1.29 is 14.4 Å². The molecule has 2 aromatic heterocycles. The third-order valence-electron chi connectivity index (χ3n) is 4.48. The molecule has 2 atom stereocenters. The number of pyridine rings is 2. The lowest BCUT2D eigenvalue weighted by Gasteiger charge is -2.25. The molecule has 1 saturated heterocycles. The van der Waals surface area contributed by atoms with Gasteiger partial charge in [-0.1, -0.05) is 0 Å². The number of nitrogens with zero attached hydrogens (tertiary/aromatic N) is 4. The quantitative estimate of drug-likeness (QED) is 0.695. The minimum Gasteiger partial charge on any atom is -0.350 e. The largest absolute Gasteiger partial charge is 0.350 e. The van der Waals surface area contributed by atoms with Crippen molar-refractivity contribution in [2.75, 3.05) is 13.1 Å². The predicted molar refractivity (Wildman–Crippen MR) is 94.8 cm³/mol. The zero-order valence-electron chi connectivity index (χ0n) is 14.5. The van der Waals surface area contributed by atoms with Gasteiger partial charge in [-0.25, -0.2) is 0 Å². The molecule has 0 aromatic carbocycles. The minimum absolute atomic E-state index is 0.161. The number of aromatic nitrogens is 2. The number of hydrogen-bond acceptors (Lipinski definition) is 6. The van der Waals surface area contributed by atoms with Crippen LogP contribution in [0.4, 0.5) is 0 Å². The van der Waals surface area contributed by atoms with Crippen LogP contribution in [0.2, 0.25) is 0 Å². The average molecular weight is 366 g/mol. The monoisotopic (exact) mass is 366 g/mol. The summed E-state index contributed by atoms with van der Waals surface area (Å²) in [5.74, 6) is -0.742. The van der Waals surface area contributed by atoms with Crippen molar-refractivity contribution in [3.05, 3.63) is 36.3 Å². The highest BCUT2D eigenvalue weighted by Crippen LogP contribution is 2.23. The third-order valence-corrected chi connectivity index (χ3v) is 4.48. The van der Waals surface area contributed by atoms with Crippen LogP contribution in [0.1, 0.15) is 24.4 Å². The molecular weight excluding hydrogens is 348 g/mol. The summed E-state index contributed by atoms with van der Waals surface area (Å²) in [6, 6.07) is 4.06. The maximum atomic E-state index is 12.7. The van der Waals surface area contributed by atoms with Crippen LogP contribution >= 0.6 is 0 Å². The van der Waals surface area contributed by atoms with Gasteiger partial charge in [-0.2, -0.15) is 5.26 Å². The molecule has 1 aliphatic heterocycles. The van der Waals surface area contributed by atoms with Crippen LogP contribution in [0, 0.1) is 11.3 Å². The first-order valence-corrected chi connectivity index (χ1v) is 8.51. The van der Waals surface area contributed by atoms with Gasteiger partial charge in [0.2, 0.25) is 18.2 Å². The van der Waals surface area contributed by atoms with Crippen LogP contribution in [0.5, 0.6) is 0 Å². The highest BCUT2D eigenvalue weighted by molar-refractivity contribution is 5.90. The van der Waals surface area contributed by atoms with Crippen LogP contribution in [-0.4, -0.2) is 52.2 Å². The Morgan fingerprint density at radius 1 is 1.44 bits per heavy atom. The maximum Gasteiger partial charge on any atom is 0.244 e. The first kappa shape index (κ1) is 18.3. The Labute approximate surface area is 155 Å². The lowest BCUT2D eigenvalue weighted by Crippen LogP contribution is -2.48. The average Bonchev–Trinajstić information content (AvgIpc) is 3.20. The second kappa shape index (κ2) is 8.23. The molecular formula is C18H18N6O3. The molecule has 27 heavy (non-hydrogen) atoms. The zero-order chi connectivity index (χ0) is 19.2. The van der Waals surface area contributed by atoms with E-state index in [9.17, 15) is 19.6 Å². The van der Waals surface area contributed by atoms with Crippen molar-refractivity contribution in [3.8, 4) is 6.07 Å². The van der Waals surface area contributed by atoms with Crippen LogP contribution in [0.3, 0.4) is 0 Å². The molecule has 0 saturated carbocycles. The number of carbonyl (C=O) groups is 3. The highest BCUT2D eigenvalue weighted by Gasteiger charge is 2.35.